The molecule has 1 unspecified atom stereocenters. The minimum Gasteiger partial charge on any atom is -0.463 e. The summed E-state index contributed by atoms with van der Waals surface area (Å²) < 4.78 is 24.2. The lowest BCUT2D eigenvalue weighted by Crippen LogP contribution is -2.26. The lowest BCUT2D eigenvalue weighted by Gasteiger charge is -2.28. The third-order valence-corrected chi connectivity index (χ3v) is 4.18. The van der Waals surface area contributed by atoms with Crippen LogP contribution in [0.3, 0.4) is 0 Å². The highest BCUT2D eigenvalue weighted by Crippen LogP contribution is 2.45. The zero-order chi connectivity index (χ0) is 18.0. The van der Waals surface area contributed by atoms with Gasteiger partial charge in [0.05, 0.1) is 23.1 Å². The van der Waals surface area contributed by atoms with Crippen LogP contribution in [0.2, 0.25) is 10.0 Å². The van der Waals surface area contributed by atoms with Crippen molar-refractivity contribution in [2.75, 3.05) is 6.61 Å². The van der Waals surface area contributed by atoms with E-state index in [1.54, 1.807) is 6.92 Å². The number of rotatable bonds is 3. The van der Waals surface area contributed by atoms with Crippen molar-refractivity contribution in [3.8, 4) is 6.07 Å². The number of halogens is 3. The molecule has 0 saturated heterocycles. The zero-order valence-electron chi connectivity index (χ0n) is 12.8. The number of nitriles is 1. The number of esters is 1. The summed E-state index contributed by atoms with van der Waals surface area (Å²) in [5, 5.41) is 9.22. The topological polar surface area (TPSA) is 85.3 Å². The molecule has 1 heterocycles. The Balaban J connectivity index is 2.77. The van der Waals surface area contributed by atoms with Crippen LogP contribution in [0.15, 0.2) is 34.9 Å². The van der Waals surface area contributed by atoms with Crippen LogP contribution in [0.4, 0.5) is 4.39 Å². The van der Waals surface area contributed by atoms with Gasteiger partial charge in [-0.15, -0.1) is 0 Å². The molecule has 0 aromatic heterocycles. The van der Waals surface area contributed by atoms with E-state index in [-0.39, 0.29) is 45.0 Å². The van der Waals surface area contributed by atoms with Gasteiger partial charge in [-0.25, -0.2) is 9.18 Å². The predicted octanol–water partition coefficient (Wildman–Crippen LogP) is 3.78. The molecule has 1 aromatic carbocycles. The maximum Gasteiger partial charge on any atom is 0.338 e. The molecule has 8 heteroatoms. The molecular formula is C16H13Cl2FN2O3. The first-order valence-corrected chi connectivity index (χ1v) is 7.67. The Labute approximate surface area is 148 Å². The smallest absolute Gasteiger partial charge is 0.338 e. The largest absolute Gasteiger partial charge is 0.463 e. The van der Waals surface area contributed by atoms with Crippen molar-refractivity contribution in [2.45, 2.75) is 19.8 Å². The molecule has 0 fully saturated rings. The number of benzene rings is 1. The SMILES string of the molecule is CCOC(=O)C1=C(C)OC(N)=C(C#N)C1c1c(Cl)ccc(F)c1Cl. The Morgan fingerprint density at radius 3 is 2.75 bits per heavy atom. The zero-order valence-corrected chi connectivity index (χ0v) is 14.3. The quantitative estimate of drug-likeness (QED) is 0.646. The van der Waals surface area contributed by atoms with Gasteiger partial charge in [-0.05, 0) is 26.0 Å². The summed E-state index contributed by atoms with van der Waals surface area (Å²) in [7, 11) is 0. The molecule has 0 amide bonds. The highest BCUT2D eigenvalue weighted by atomic mass is 35.5. The summed E-state index contributed by atoms with van der Waals surface area (Å²) >= 11 is 12.2. The van der Waals surface area contributed by atoms with Gasteiger partial charge in [-0.3, -0.25) is 0 Å². The van der Waals surface area contributed by atoms with E-state index in [2.05, 4.69) is 0 Å². The van der Waals surface area contributed by atoms with Gasteiger partial charge in [0.1, 0.15) is 23.2 Å². The van der Waals surface area contributed by atoms with Crippen LogP contribution in [0, 0.1) is 17.1 Å². The van der Waals surface area contributed by atoms with Gasteiger partial charge in [0.25, 0.3) is 0 Å². The second-order valence-electron chi connectivity index (χ2n) is 4.87. The van der Waals surface area contributed by atoms with E-state index in [1.165, 1.54) is 13.0 Å². The van der Waals surface area contributed by atoms with Crippen LogP contribution >= 0.6 is 23.2 Å². The number of carbonyl (C=O) groups excluding carboxylic acids is 1. The summed E-state index contributed by atoms with van der Waals surface area (Å²) in [6.45, 7) is 3.22. The first-order valence-electron chi connectivity index (χ1n) is 6.92. The number of ether oxygens (including phenoxy) is 2. The Kier molecular flexibility index (Phi) is 5.37. The number of hydrogen-bond donors (Lipinski definition) is 1. The molecule has 0 bridgehead atoms. The Morgan fingerprint density at radius 1 is 1.50 bits per heavy atom. The van der Waals surface area contributed by atoms with Crippen molar-refractivity contribution >= 4 is 29.2 Å². The fourth-order valence-electron chi connectivity index (χ4n) is 2.45. The van der Waals surface area contributed by atoms with E-state index >= 15 is 0 Å². The van der Waals surface area contributed by atoms with Gasteiger partial charge in [0, 0.05) is 10.6 Å². The molecule has 0 spiro atoms. The van der Waals surface area contributed by atoms with E-state index in [1.807, 2.05) is 6.07 Å². The fraction of sp³-hybridized carbons (Fsp3) is 0.250. The van der Waals surface area contributed by atoms with Crippen molar-refractivity contribution in [1.82, 2.24) is 0 Å². The maximum absolute atomic E-state index is 13.9. The highest BCUT2D eigenvalue weighted by molar-refractivity contribution is 6.36. The van der Waals surface area contributed by atoms with Crippen LogP contribution in [-0.4, -0.2) is 12.6 Å². The van der Waals surface area contributed by atoms with Crippen LogP contribution in [0.25, 0.3) is 0 Å². The molecule has 126 valence electrons. The predicted molar refractivity (Wildman–Crippen MR) is 86.4 cm³/mol. The van der Waals surface area contributed by atoms with Crippen LogP contribution in [0.5, 0.6) is 0 Å². The van der Waals surface area contributed by atoms with Gasteiger partial charge in [-0.2, -0.15) is 5.26 Å². The first-order chi connectivity index (χ1) is 11.3. The average Bonchev–Trinajstić information content (AvgIpc) is 2.51. The minimum atomic E-state index is -1.08. The average molecular weight is 371 g/mol. The number of nitrogens with two attached hydrogens (primary N) is 1. The normalized spacial score (nSPS) is 17.4. The van der Waals surface area contributed by atoms with Gasteiger partial charge < -0.3 is 15.2 Å². The van der Waals surface area contributed by atoms with E-state index in [0.717, 1.165) is 6.07 Å². The Hall–Kier alpha value is -2.23. The monoisotopic (exact) mass is 370 g/mol. The number of allylic oxidation sites excluding steroid dienone is 2. The van der Waals surface area contributed by atoms with E-state index in [4.69, 9.17) is 38.4 Å². The molecular weight excluding hydrogens is 358 g/mol. The Bertz CT molecular complexity index is 812. The van der Waals surface area contributed by atoms with Crippen molar-refractivity contribution < 1.29 is 18.7 Å². The van der Waals surface area contributed by atoms with Gasteiger partial charge in [0.15, 0.2) is 0 Å². The summed E-state index contributed by atoms with van der Waals surface area (Å²) in [4.78, 5) is 12.4. The van der Waals surface area contributed by atoms with Crippen molar-refractivity contribution in [1.29, 1.82) is 5.26 Å². The second-order valence-corrected chi connectivity index (χ2v) is 5.66. The summed E-state index contributed by atoms with van der Waals surface area (Å²) in [6.07, 6.45) is 0. The lowest BCUT2D eigenvalue weighted by atomic mass is 9.83. The molecule has 5 nitrogen and oxygen atoms in total. The summed E-state index contributed by atoms with van der Waals surface area (Å²) in [6, 6.07) is 4.25. The highest BCUT2D eigenvalue weighted by Gasteiger charge is 2.39. The van der Waals surface area contributed by atoms with E-state index < -0.39 is 17.7 Å². The van der Waals surface area contributed by atoms with Crippen LogP contribution in [0.1, 0.15) is 25.3 Å². The van der Waals surface area contributed by atoms with Gasteiger partial charge >= 0.3 is 5.97 Å². The molecule has 24 heavy (non-hydrogen) atoms. The minimum absolute atomic E-state index is 0.00278. The number of hydrogen-bond acceptors (Lipinski definition) is 5. The van der Waals surface area contributed by atoms with Gasteiger partial charge in [0.2, 0.25) is 5.88 Å². The van der Waals surface area contributed by atoms with Crippen molar-refractivity contribution in [3.05, 3.63) is 56.3 Å². The molecule has 1 aromatic rings. The standard InChI is InChI=1S/C16H13Cl2FN2O3/c1-3-23-16(22)11-7(2)24-15(21)8(6-20)12(11)13-9(17)4-5-10(19)14(13)18/h4-5,12H,3,21H2,1-2H3. The van der Waals surface area contributed by atoms with Crippen molar-refractivity contribution in [2.24, 2.45) is 5.73 Å². The first kappa shape index (κ1) is 18.1. The molecule has 1 atom stereocenters. The van der Waals surface area contributed by atoms with E-state index in [9.17, 15) is 14.4 Å². The molecule has 0 radical (unpaired) electrons. The molecule has 2 rings (SSSR count). The summed E-state index contributed by atoms with van der Waals surface area (Å²) in [5.41, 5.74) is 5.71. The Morgan fingerprint density at radius 2 is 2.17 bits per heavy atom. The molecule has 2 N–H and O–H groups in total. The molecule has 1 aliphatic heterocycles. The summed E-state index contributed by atoms with van der Waals surface area (Å²) in [5.74, 6) is -2.62. The molecule has 0 aliphatic carbocycles. The van der Waals surface area contributed by atoms with Gasteiger partial charge in [-0.1, -0.05) is 23.2 Å². The lowest BCUT2D eigenvalue weighted by molar-refractivity contribution is -0.139. The fourth-order valence-corrected chi connectivity index (χ4v) is 3.04. The van der Waals surface area contributed by atoms with Crippen LogP contribution in [-0.2, 0) is 14.3 Å². The van der Waals surface area contributed by atoms with Crippen molar-refractivity contribution in [3.63, 3.8) is 0 Å². The number of nitrogens with zero attached hydrogens (tertiary/aromatic N) is 1. The van der Waals surface area contributed by atoms with E-state index in [0.29, 0.717) is 0 Å². The molecule has 1 aliphatic rings. The third-order valence-electron chi connectivity index (χ3n) is 3.47. The number of carbonyl (C=O) groups is 1. The van der Waals surface area contributed by atoms with Crippen LogP contribution < -0.4 is 5.73 Å². The third kappa shape index (κ3) is 3.05. The maximum atomic E-state index is 13.9. The molecule has 0 saturated carbocycles. The second kappa shape index (κ2) is 7.12.